The van der Waals surface area contributed by atoms with E-state index in [1.807, 2.05) is 0 Å². The Bertz CT molecular complexity index is 479. The molecule has 0 aliphatic heterocycles. The molecule has 6 nitrogen and oxygen atoms in total. The second-order valence-corrected chi connectivity index (χ2v) is 3.53. The number of nitrogens with zero attached hydrogens (tertiary/aromatic N) is 2. The van der Waals surface area contributed by atoms with Gasteiger partial charge in [0.05, 0.1) is 24.8 Å². The van der Waals surface area contributed by atoms with Crippen LogP contribution in [0, 0.1) is 0 Å². The maximum Gasteiger partial charge on any atom is 0.226 e. The molecule has 2 aromatic heterocycles. The molecule has 2 aromatic rings. The number of hydrogen-bond acceptors (Lipinski definition) is 5. The van der Waals surface area contributed by atoms with Crippen molar-refractivity contribution in [2.45, 2.75) is 13.0 Å². The number of pyridine rings is 1. The van der Waals surface area contributed by atoms with Crippen molar-refractivity contribution in [1.29, 1.82) is 0 Å². The lowest BCUT2D eigenvalue weighted by atomic mass is 10.2. The minimum Gasteiger partial charge on any atom is -0.397 e. The number of nitrogen functional groups attached to an aromatic ring is 1. The third-order valence-corrected chi connectivity index (χ3v) is 2.15. The Hall–Kier alpha value is -2.37. The van der Waals surface area contributed by atoms with Crippen molar-refractivity contribution >= 4 is 11.6 Å². The molecule has 0 spiro atoms. The third-order valence-electron chi connectivity index (χ3n) is 2.15. The van der Waals surface area contributed by atoms with Crippen molar-refractivity contribution in [2.24, 2.45) is 0 Å². The first-order chi connectivity index (χ1) is 8.24. The van der Waals surface area contributed by atoms with Gasteiger partial charge in [-0.05, 0) is 12.1 Å². The zero-order chi connectivity index (χ0) is 12.1. The predicted octanol–water partition coefficient (Wildman–Crippen LogP) is 0.511. The first kappa shape index (κ1) is 11.1. The maximum absolute atomic E-state index is 11.6. The quantitative estimate of drug-likeness (QED) is 0.801. The summed E-state index contributed by atoms with van der Waals surface area (Å²) in [7, 11) is 0. The molecule has 0 atom stereocenters. The monoisotopic (exact) mass is 232 g/mol. The molecule has 3 N–H and O–H groups in total. The number of carbonyl (C=O) groups is 1. The van der Waals surface area contributed by atoms with Crippen LogP contribution in [0.5, 0.6) is 0 Å². The fraction of sp³-hybridized carbons (Fsp3) is 0.182. The van der Waals surface area contributed by atoms with E-state index in [1.54, 1.807) is 18.2 Å². The average molecular weight is 232 g/mol. The van der Waals surface area contributed by atoms with Crippen molar-refractivity contribution in [3.8, 4) is 0 Å². The standard InChI is InChI=1S/C11H12N4O2/c12-8-1-2-9(13-6-8)5-11(16)14-7-10-3-4-17-15-10/h1-4,6H,5,7,12H2,(H,14,16). The van der Waals surface area contributed by atoms with Crippen LogP contribution in [0.25, 0.3) is 0 Å². The van der Waals surface area contributed by atoms with Crippen LogP contribution in [0.2, 0.25) is 0 Å². The van der Waals surface area contributed by atoms with Gasteiger partial charge in [-0.2, -0.15) is 0 Å². The van der Waals surface area contributed by atoms with E-state index in [2.05, 4.69) is 20.0 Å². The lowest BCUT2D eigenvalue weighted by Crippen LogP contribution is -2.25. The van der Waals surface area contributed by atoms with Crippen LogP contribution in [-0.4, -0.2) is 16.0 Å². The summed E-state index contributed by atoms with van der Waals surface area (Å²) in [6, 6.07) is 5.14. The summed E-state index contributed by atoms with van der Waals surface area (Å²) in [5.74, 6) is -0.120. The fourth-order valence-corrected chi connectivity index (χ4v) is 1.29. The smallest absolute Gasteiger partial charge is 0.226 e. The van der Waals surface area contributed by atoms with Crippen molar-refractivity contribution in [2.75, 3.05) is 5.73 Å². The zero-order valence-corrected chi connectivity index (χ0v) is 9.09. The topological polar surface area (TPSA) is 94.0 Å². The van der Waals surface area contributed by atoms with Gasteiger partial charge in [0, 0.05) is 11.8 Å². The molecule has 0 radical (unpaired) electrons. The summed E-state index contributed by atoms with van der Waals surface area (Å²) < 4.78 is 4.65. The molecule has 0 fully saturated rings. The fourth-order valence-electron chi connectivity index (χ4n) is 1.29. The summed E-state index contributed by atoms with van der Waals surface area (Å²) in [6.45, 7) is 0.351. The van der Waals surface area contributed by atoms with Gasteiger partial charge in [0.25, 0.3) is 0 Å². The summed E-state index contributed by atoms with van der Waals surface area (Å²) in [4.78, 5) is 15.6. The van der Waals surface area contributed by atoms with Gasteiger partial charge in [-0.3, -0.25) is 9.78 Å². The van der Waals surface area contributed by atoms with Crippen LogP contribution < -0.4 is 11.1 Å². The van der Waals surface area contributed by atoms with E-state index in [9.17, 15) is 4.79 Å². The molecule has 0 aliphatic carbocycles. The SMILES string of the molecule is Nc1ccc(CC(=O)NCc2ccon2)nc1. The minimum absolute atomic E-state index is 0.120. The minimum atomic E-state index is -0.120. The number of rotatable bonds is 4. The molecule has 17 heavy (non-hydrogen) atoms. The molecule has 2 heterocycles. The van der Waals surface area contributed by atoms with Gasteiger partial charge in [-0.1, -0.05) is 5.16 Å². The second-order valence-electron chi connectivity index (χ2n) is 3.53. The van der Waals surface area contributed by atoms with Crippen molar-refractivity contribution in [3.63, 3.8) is 0 Å². The Morgan fingerprint density at radius 1 is 1.35 bits per heavy atom. The van der Waals surface area contributed by atoms with Crippen LogP contribution >= 0.6 is 0 Å². The van der Waals surface area contributed by atoms with E-state index in [0.717, 1.165) is 0 Å². The molecule has 0 bridgehead atoms. The summed E-state index contributed by atoms with van der Waals surface area (Å²) in [5, 5.41) is 6.40. The first-order valence-electron chi connectivity index (χ1n) is 5.10. The first-order valence-corrected chi connectivity index (χ1v) is 5.10. The molecule has 1 amide bonds. The van der Waals surface area contributed by atoms with E-state index in [1.165, 1.54) is 12.5 Å². The van der Waals surface area contributed by atoms with E-state index >= 15 is 0 Å². The second kappa shape index (κ2) is 5.11. The Kier molecular flexibility index (Phi) is 3.34. The highest BCUT2D eigenvalue weighted by atomic mass is 16.5. The number of aromatic nitrogens is 2. The predicted molar refractivity (Wildman–Crippen MR) is 60.7 cm³/mol. The van der Waals surface area contributed by atoms with Gasteiger partial charge in [-0.25, -0.2) is 0 Å². The Balaban J connectivity index is 1.83. The van der Waals surface area contributed by atoms with E-state index in [0.29, 0.717) is 23.6 Å². The van der Waals surface area contributed by atoms with Crippen molar-refractivity contribution in [1.82, 2.24) is 15.5 Å². The molecule has 0 unspecified atom stereocenters. The van der Waals surface area contributed by atoms with Gasteiger partial charge in [0.2, 0.25) is 5.91 Å². The summed E-state index contributed by atoms with van der Waals surface area (Å²) >= 11 is 0. The molecular weight excluding hydrogens is 220 g/mol. The Labute approximate surface area is 97.8 Å². The highest BCUT2D eigenvalue weighted by molar-refractivity contribution is 5.78. The van der Waals surface area contributed by atoms with Gasteiger partial charge in [0.1, 0.15) is 12.0 Å². The van der Waals surface area contributed by atoms with Crippen LogP contribution in [-0.2, 0) is 17.8 Å². The van der Waals surface area contributed by atoms with Crippen LogP contribution in [0.3, 0.4) is 0 Å². The van der Waals surface area contributed by atoms with Crippen LogP contribution in [0.4, 0.5) is 5.69 Å². The average Bonchev–Trinajstić information content (AvgIpc) is 2.83. The van der Waals surface area contributed by atoms with Crippen LogP contribution in [0.15, 0.2) is 35.2 Å². The highest BCUT2D eigenvalue weighted by Crippen LogP contribution is 2.02. The third kappa shape index (κ3) is 3.30. The van der Waals surface area contributed by atoms with Gasteiger partial charge < -0.3 is 15.6 Å². The molecule has 0 aliphatic rings. The lowest BCUT2D eigenvalue weighted by molar-refractivity contribution is -0.120. The van der Waals surface area contributed by atoms with Crippen molar-refractivity contribution < 1.29 is 9.32 Å². The van der Waals surface area contributed by atoms with Gasteiger partial charge in [0.15, 0.2) is 0 Å². The lowest BCUT2D eigenvalue weighted by Gasteiger charge is -2.02. The molecular formula is C11H12N4O2. The number of carbonyl (C=O) groups excluding carboxylic acids is 1. The molecule has 2 rings (SSSR count). The molecule has 88 valence electrons. The Morgan fingerprint density at radius 3 is 2.88 bits per heavy atom. The largest absolute Gasteiger partial charge is 0.397 e. The highest BCUT2D eigenvalue weighted by Gasteiger charge is 2.05. The number of anilines is 1. The van der Waals surface area contributed by atoms with Gasteiger partial charge in [-0.15, -0.1) is 0 Å². The normalized spacial score (nSPS) is 10.1. The van der Waals surface area contributed by atoms with Gasteiger partial charge >= 0.3 is 0 Å². The maximum atomic E-state index is 11.6. The molecule has 0 saturated heterocycles. The number of nitrogens with one attached hydrogen (secondary N) is 1. The number of nitrogens with two attached hydrogens (primary N) is 1. The summed E-state index contributed by atoms with van der Waals surface area (Å²) in [5.41, 5.74) is 7.44. The van der Waals surface area contributed by atoms with Crippen molar-refractivity contribution in [3.05, 3.63) is 42.0 Å². The Morgan fingerprint density at radius 2 is 2.24 bits per heavy atom. The van der Waals surface area contributed by atoms with E-state index < -0.39 is 0 Å². The molecule has 6 heteroatoms. The molecule has 0 saturated carbocycles. The van der Waals surface area contributed by atoms with E-state index in [-0.39, 0.29) is 12.3 Å². The van der Waals surface area contributed by atoms with Crippen LogP contribution in [0.1, 0.15) is 11.4 Å². The molecule has 0 aromatic carbocycles. The number of amides is 1. The zero-order valence-electron chi connectivity index (χ0n) is 9.09. The number of hydrogen-bond donors (Lipinski definition) is 2. The summed E-state index contributed by atoms with van der Waals surface area (Å²) in [6.07, 6.45) is 3.21. The van der Waals surface area contributed by atoms with E-state index in [4.69, 9.17) is 5.73 Å².